The summed E-state index contributed by atoms with van der Waals surface area (Å²) in [5, 5.41) is 6.70. The quantitative estimate of drug-likeness (QED) is 0.718. The average Bonchev–Trinajstić information content (AvgIpc) is 2.42. The van der Waals surface area contributed by atoms with Gasteiger partial charge in [0, 0.05) is 6.54 Å². The predicted octanol–water partition coefficient (Wildman–Crippen LogP) is 1.42. The highest BCUT2D eigenvalue weighted by Crippen LogP contribution is 2.30. The van der Waals surface area contributed by atoms with E-state index in [4.69, 9.17) is 9.47 Å². The van der Waals surface area contributed by atoms with Crippen LogP contribution in [-0.2, 0) is 0 Å². The van der Waals surface area contributed by atoms with Crippen molar-refractivity contribution in [2.75, 3.05) is 32.8 Å². The summed E-state index contributed by atoms with van der Waals surface area (Å²) in [6.45, 7) is 6.69. The lowest BCUT2D eigenvalue weighted by molar-refractivity contribution is 0.0905. The second kappa shape index (κ2) is 7.24. The maximum atomic E-state index is 5.86. The first-order valence-electron chi connectivity index (χ1n) is 6.70. The number of ether oxygens (including phenoxy) is 2. The Balaban J connectivity index is 1.64. The van der Waals surface area contributed by atoms with Crippen molar-refractivity contribution in [3.8, 4) is 11.5 Å². The third-order valence-electron chi connectivity index (χ3n) is 2.90. The van der Waals surface area contributed by atoms with Gasteiger partial charge in [0.15, 0.2) is 11.5 Å². The number of hydrogen-bond acceptors (Lipinski definition) is 4. The van der Waals surface area contributed by atoms with Crippen molar-refractivity contribution >= 4 is 0 Å². The second-order valence-corrected chi connectivity index (χ2v) is 4.41. The molecule has 4 heteroatoms. The largest absolute Gasteiger partial charge is 0.486 e. The fraction of sp³-hybridized carbons (Fsp3) is 0.571. The Morgan fingerprint density at radius 3 is 2.78 bits per heavy atom. The second-order valence-electron chi connectivity index (χ2n) is 4.41. The molecule has 1 unspecified atom stereocenters. The minimum Gasteiger partial charge on any atom is -0.486 e. The zero-order chi connectivity index (χ0) is 12.6. The molecule has 0 saturated heterocycles. The van der Waals surface area contributed by atoms with Crippen molar-refractivity contribution < 1.29 is 9.47 Å². The molecule has 1 heterocycles. The number of para-hydroxylation sites is 2. The van der Waals surface area contributed by atoms with E-state index in [2.05, 4.69) is 17.6 Å². The van der Waals surface area contributed by atoms with Crippen LogP contribution in [0.4, 0.5) is 0 Å². The highest BCUT2D eigenvalue weighted by Gasteiger charge is 2.19. The molecule has 4 nitrogen and oxygen atoms in total. The maximum Gasteiger partial charge on any atom is 0.161 e. The molecule has 0 saturated carbocycles. The van der Waals surface area contributed by atoms with Crippen LogP contribution in [-0.4, -0.2) is 38.9 Å². The summed E-state index contributed by atoms with van der Waals surface area (Å²) in [6, 6.07) is 7.82. The SMILES string of the molecule is CCNCCCNCC1COc2ccccc2O1. The fourth-order valence-corrected chi connectivity index (χ4v) is 1.94. The molecule has 1 aliphatic rings. The van der Waals surface area contributed by atoms with Crippen LogP contribution in [0, 0.1) is 0 Å². The van der Waals surface area contributed by atoms with E-state index in [1.54, 1.807) is 0 Å². The van der Waals surface area contributed by atoms with E-state index in [0.29, 0.717) is 6.61 Å². The highest BCUT2D eigenvalue weighted by molar-refractivity contribution is 5.40. The van der Waals surface area contributed by atoms with Gasteiger partial charge in [0.1, 0.15) is 12.7 Å². The number of benzene rings is 1. The molecule has 0 amide bonds. The van der Waals surface area contributed by atoms with Crippen LogP contribution in [0.3, 0.4) is 0 Å². The Bertz CT molecular complexity index is 357. The van der Waals surface area contributed by atoms with Crippen molar-refractivity contribution in [3.05, 3.63) is 24.3 Å². The summed E-state index contributed by atoms with van der Waals surface area (Å²) in [6.07, 6.45) is 1.25. The van der Waals surface area contributed by atoms with Crippen molar-refractivity contribution in [1.82, 2.24) is 10.6 Å². The van der Waals surface area contributed by atoms with Crippen molar-refractivity contribution in [1.29, 1.82) is 0 Å². The number of nitrogens with one attached hydrogen (secondary N) is 2. The minimum absolute atomic E-state index is 0.110. The van der Waals surface area contributed by atoms with E-state index in [0.717, 1.165) is 44.1 Å². The molecular formula is C14H22N2O2. The summed E-state index contributed by atoms with van der Waals surface area (Å²) >= 11 is 0. The van der Waals surface area contributed by atoms with Crippen molar-refractivity contribution in [2.45, 2.75) is 19.4 Å². The van der Waals surface area contributed by atoms with E-state index < -0.39 is 0 Å². The van der Waals surface area contributed by atoms with Gasteiger partial charge in [-0.05, 0) is 38.2 Å². The van der Waals surface area contributed by atoms with Gasteiger partial charge in [0.05, 0.1) is 0 Å². The normalized spacial score (nSPS) is 17.7. The van der Waals surface area contributed by atoms with Crippen molar-refractivity contribution in [3.63, 3.8) is 0 Å². The molecule has 1 aromatic rings. The molecule has 2 N–H and O–H groups in total. The van der Waals surface area contributed by atoms with Crippen LogP contribution < -0.4 is 20.1 Å². The van der Waals surface area contributed by atoms with E-state index in [1.807, 2.05) is 24.3 Å². The topological polar surface area (TPSA) is 42.5 Å². The third-order valence-corrected chi connectivity index (χ3v) is 2.90. The smallest absolute Gasteiger partial charge is 0.161 e. The van der Waals surface area contributed by atoms with E-state index >= 15 is 0 Å². The van der Waals surface area contributed by atoms with Gasteiger partial charge in [-0.25, -0.2) is 0 Å². The van der Waals surface area contributed by atoms with Crippen LogP contribution in [0.2, 0.25) is 0 Å². The van der Waals surface area contributed by atoms with Gasteiger partial charge in [-0.2, -0.15) is 0 Å². The summed E-state index contributed by atoms with van der Waals surface area (Å²) in [7, 11) is 0. The first-order valence-corrected chi connectivity index (χ1v) is 6.70. The Labute approximate surface area is 109 Å². The summed E-state index contributed by atoms with van der Waals surface area (Å²) in [5.74, 6) is 1.70. The van der Waals surface area contributed by atoms with Crippen LogP contribution in [0.1, 0.15) is 13.3 Å². The molecule has 0 bridgehead atoms. The standard InChI is InChI=1S/C14H22N2O2/c1-2-15-8-5-9-16-10-12-11-17-13-6-3-4-7-14(13)18-12/h3-4,6-7,12,15-16H,2,5,8-11H2,1H3. The van der Waals surface area contributed by atoms with E-state index in [1.165, 1.54) is 0 Å². The Kier molecular flexibility index (Phi) is 5.30. The van der Waals surface area contributed by atoms with Crippen LogP contribution in [0.5, 0.6) is 11.5 Å². The first-order chi connectivity index (χ1) is 8.90. The molecule has 2 rings (SSSR count). The van der Waals surface area contributed by atoms with Gasteiger partial charge >= 0.3 is 0 Å². The van der Waals surface area contributed by atoms with Gasteiger partial charge in [-0.1, -0.05) is 19.1 Å². The Morgan fingerprint density at radius 2 is 1.94 bits per heavy atom. The zero-order valence-electron chi connectivity index (χ0n) is 10.9. The lowest BCUT2D eigenvalue weighted by Crippen LogP contribution is -2.39. The third kappa shape index (κ3) is 3.89. The predicted molar refractivity (Wildman–Crippen MR) is 72.4 cm³/mol. The maximum absolute atomic E-state index is 5.86. The Morgan fingerprint density at radius 1 is 1.17 bits per heavy atom. The summed E-state index contributed by atoms with van der Waals surface area (Å²) in [4.78, 5) is 0. The van der Waals surface area contributed by atoms with Gasteiger partial charge < -0.3 is 20.1 Å². The van der Waals surface area contributed by atoms with Gasteiger partial charge in [-0.3, -0.25) is 0 Å². The van der Waals surface area contributed by atoms with Crippen LogP contribution in [0.25, 0.3) is 0 Å². The van der Waals surface area contributed by atoms with Gasteiger partial charge in [0.2, 0.25) is 0 Å². The van der Waals surface area contributed by atoms with E-state index in [-0.39, 0.29) is 6.10 Å². The molecule has 1 aliphatic heterocycles. The molecule has 0 radical (unpaired) electrons. The molecule has 1 aromatic carbocycles. The zero-order valence-corrected chi connectivity index (χ0v) is 10.9. The minimum atomic E-state index is 0.110. The van der Waals surface area contributed by atoms with Crippen LogP contribution >= 0.6 is 0 Å². The first kappa shape index (κ1) is 13.2. The molecule has 0 aromatic heterocycles. The van der Waals surface area contributed by atoms with Crippen LogP contribution in [0.15, 0.2) is 24.3 Å². The molecular weight excluding hydrogens is 228 g/mol. The lowest BCUT2D eigenvalue weighted by Gasteiger charge is -2.26. The van der Waals surface area contributed by atoms with Gasteiger partial charge in [0.25, 0.3) is 0 Å². The molecule has 100 valence electrons. The molecule has 1 atom stereocenters. The summed E-state index contributed by atoms with van der Waals surface area (Å²) in [5.41, 5.74) is 0. The Hall–Kier alpha value is -1.26. The molecule has 0 aliphatic carbocycles. The number of fused-ring (bicyclic) bond motifs is 1. The summed E-state index contributed by atoms with van der Waals surface area (Å²) < 4.78 is 11.5. The van der Waals surface area contributed by atoms with Gasteiger partial charge in [-0.15, -0.1) is 0 Å². The monoisotopic (exact) mass is 250 g/mol. The highest BCUT2D eigenvalue weighted by atomic mass is 16.6. The lowest BCUT2D eigenvalue weighted by atomic mass is 10.2. The fourth-order valence-electron chi connectivity index (χ4n) is 1.94. The average molecular weight is 250 g/mol. The van der Waals surface area contributed by atoms with E-state index in [9.17, 15) is 0 Å². The number of rotatable bonds is 7. The molecule has 18 heavy (non-hydrogen) atoms. The molecule has 0 fully saturated rings. The molecule has 0 spiro atoms. The number of hydrogen-bond donors (Lipinski definition) is 2. The van der Waals surface area contributed by atoms with Crippen molar-refractivity contribution in [2.24, 2.45) is 0 Å².